The molecule has 1 aliphatic rings. The molecular formula is C10H22N2O3S. The molecule has 6 heteroatoms. The molecule has 0 aromatic carbocycles. The smallest absolute Gasteiger partial charge is 0.216 e. The van der Waals surface area contributed by atoms with E-state index in [2.05, 4.69) is 5.32 Å². The van der Waals surface area contributed by atoms with Crippen LogP contribution in [0, 0.1) is 0 Å². The molecule has 0 bridgehead atoms. The molecule has 1 fully saturated rings. The Balaban J connectivity index is 2.51. The van der Waals surface area contributed by atoms with E-state index in [4.69, 9.17) is 4.74 Å². The molecule has 0 amide bonds. The van der Waals surface area contributed by atoms with Crippen molar-refractivity contribution >= 4 is 10.0 Å². The van der Waals surface area contributed by atoms with Crippen LogP contribution in [0.4, 0.5) is 0 Å². The lowest BCUT2D eigenvalue weighted by atomic mass is 10.1. The molecule has 0 aliphatic carbocycles. The second-order valence-electron chi connectivity index (χ2n) is 4.29. The van der Waals surface area contributed by atoms with E-state index in [1.807, 2.05) is 7.05 Å². The van der Waals surface area contributed by atoms with Crippen molar-refractivity contribution in [1.82, 2.24) is 9.62 Å². The molecule has 1 aliphatic heterocycles. The number of nitrogens with zero attached hydrogens (tertiary/aromatic N) is 1. The number of ether oxygens (including phenoxy) is 1. The summed E-state index contributed by atoms with van der Waals surface area (Å²) in [5, 5.41) is 3.18. The summed E-state index contributed by atoms with van der Waals surface area (Å²) in [6.07, 6.45) is 1.53. The van der Waals surface area contributed by atoms with Gasteiger partial charge in [-0.25, -0.2) is 12.7 Å². The Morgan fingerprint density at radius 1 is 1.44 bits per heavy atom. The van der Waals surface area contributed by atoms with Gasteiger partial charge in [0.15, 0.2) is 0 Å². The average Bonchev–Trinajstić information content (AvgIpc) is 2.28. The standard InChI is InChI=1S/C10H22N2O3S/c1-9(15-3)8-16(13,14)12-6-4-10(11-2)5-7-12/h9-11H,4-8H2,1-3H3. The highest BCUT2D eigenvalue weighted by Gasteiger charge is 2.28. The molecule has 1 unspecified atom stereocenters. The van der Waals surface area contributed by atoms with Gasteiger partial charge in [0.05, 0.1) is 11.9 Å². The number of piperidine rings is 1. The summed E-state index contributed by atoms with van der Waals surface area (Å²) < 4.78 is 30.5. The maximum absolute atomic E-state index is 12.0. The summed E-state index contributed by atoms with van der Waals surface area (Å²) in [4.78, 5) is 0. The number of hydrogen-bond acceptors (Lipinski definition) is 4. The zero-order chi connectivity index (χ0) is 12.2. The Morgan fingerprint density at radius 2 is 2.00 bits per heavy atom. The second-order valence-corrected chi connectivity index (χ2v) is 6.30. The number of rotatable bonds is 5. The summed E-state index contributed by atoms with van der Waals surface area (Å²) in [7, 11) is 0.308. The minimum absolute atomic E-state index is 0.0771. The van der Waals surface area contributed by atoms with Crippen LogP contribution in [0.1, 0.15) is 19.8 Å². The molecule has 1 N–H and O–H groups in total. The molecule has 1 heterocycles. The average molecular weight is 250 g/mol. The Hall–Kier alpha value is -0.170. The lowest BCUT2D eigenvalue weighted by Gasteiger charge is -2.31. The summed E-state index contributed by atoms with van der Waals surface area (Å²) in [6, 6.07) is 0.450. The van der Waals surface area contributed by atoms with Crippen molar-refractivity contribution in [2.75, 3.05) is 33.0 Å². The van der Waals surface area contributed by atoms with Gasteiger partial charge in [-0.2, -0.15) is 0 Å². The van der Waals surface area contributed by atoms with Crippen molar-refractivity contribution in [2.24, 2.45) is 0 Å². The SMILES string of the molecule is CNC1CCN(S(=O)(=O)CC(C)OC)CC1. The molecule has 0 saturated carbocycles. The predicted molar refractivity (Wildman–Crippen MR) is 63.9 cm³/mol. The largest absolute Gasteiger partial charge is 0.381 e. The summed E-state index contributed by atoms with van der Waals surface area (Å²) >= 11 is 0. The number of sulfonamides is 1. The lowest BCUT2D eigenvalue weighted by molar-refractivity contribution is 0.134. The van der Waals surface area contributed by atoms with Crippen LogP contribution >= 0.6 is 0 Å². The monoisotopic (exact) mass is 250 g/mol. The first kappa shape index (κ1) is 13.9. The molecule has 0 aromatic heterocycles. The van der Waals surface area contributed by atoms with Gasteiger partial charge in [0.25, 0.3) is 0 Å². The van der Waals surface area contributed by atoms with E-state index in [1.165, 1.54) is 7.11 Å². The van der Waals surface area contributed by atoms with Gasteiger partial charge in [0.2, 0.25) is 10.0 Å². The van der Waals surface area contributed by atoms with Crippen molar-refractivity contribution in [3.8, 4) is 0 Å². The zero-order valence-electron chi connectivity index (χ0n) is 10.3. The van der Waals surface area contributed by atoms with Crippen LogP contribution in [-0.2, 0) is 14.8 Å². The van der Waals surface area contributed by atoms with E-state index >= 15 is 0 Å². The van der Waals surface area contributed by atoms with Crippen LogP contribution in [-0.4, -0.2) is 57.9 Å². The fourth-order valence-corrected chi connectivity index (χ4v) is 3.60. The van der Waals surface area contributed by atoms with Crippen LogP contribution in [0.3, 0.4) is 0 Å². The first-order valence-corrected chi connectivity index (χ1v) is 7.28. The number of hydrogen-bond donors (Lipinski definition) is 1. The van der Waals surface area contributed by atoms with Crippen LogP contribution < -0.4 is 5.32 Å². The van der Waals surface area contributed by atoms with E-state index in [1.54, 1.807) is 11.2 Å². The minimum atomic E-state index is -3.15. The van der Waals surface area contributed by atoms with E-state index in [0.29, 0.717) is 19.1 Å². The highest BCUT2D eigenvalue weighted by atomic mass is 32.2. The van der Waals surface area contributed by atoms with Crippen molar-refractivity contribution in [2.45, 2.75) is 31.9 Å². The number of methoxy groups -OCH3 is 1. The third kappa shape index (κ3) is 3.69. The maximum Gasteiger partial charge on any atom is 0.216 e. The first-order valence-electron chi connectivity index (χ1n) is 5.67. The normalized spacial score (nSPS) is 22.2. The van der Waals surface area contributed by atoms with E-state index in [9.17, 15) is 8.42 Å². The molecule has 0 spiro atoms. The van der Waals surface area contributed by atoms with Crippen molar-refractivity contribution < 1.29 is 13.2 Å². The topological polar surface area (TPSA) is 58.6 Å². The van der Waals surface area contributed by atoms with Crippen LogP contribution in [0.2, 0.25) is 0 Å². The predicted octanol–water partition coefficient (Wildman–Crippen LogP) is 0.0349. The fraction of sp³-hybridized carbons (Fsp3) is 1.00. The Bertz CT molecular complexity index is 297. The minimum Gasteiger partial charge on any atom is -0.381 e. The summed E-state index contributed by atoms with van der Waals surface area (Å²) in [5.41, 5.74) is 0. The van der Waals surface area contributed by atoms with Crippen LogP contribution in [0.25, 0.3) is 0 Å². The highest BCUT2D eigenvalue weighted by Crippen LogP contribution is 2.15. The van der Waals surface area contributed by atoms with Crippen molar-refractivity contribution in [1.29, 1.82) is 0 Å². The molecular weight excluding hydrogens is 228 g/mol. The fourth-order valence-electron chi connectivity index (χ4n) is 1.89. The van der Waals surface area contributed by atoms with Crippen LogP contribution in [0.5, 0.6) is 0 Å². The van der Waals surface area contributed by atoms with E-state index in [-0.39, 0.29) is 11.9 Å². The van der Waals surface area contributed by atoms with Crippen molar-refractivity contribution in [3.63, 3.8) is 0 Å². The van der Waals surface area contributed by atoms with Crippen molar-refractivity contribution in [3.05, 3.63) is 0 Å². The Labute approximate surface area is 98.2 Å². The molecule has 5 nitrogen and oxygen atoms in total. The third-order valence-electron chi connectivity index (χ3n) is 3.10. The summed E-state index contributed by atoms with van der Waals surface area (Å²) in [5.74, 6) is 0.0771. The molecule has 1 saturated heterocycles. The van der Waals surface area contributed by atoms with Crippen LogP contribution in [0.15, 0.2) is 0 Å². The first-order chi connectivity index (χ1) is 7.49. The molecule has 96 valence electrons. The molecule has 1 atom stereocenters. The molecule has 1 rings (SSSR count). The van der Waals surface area contributed by atoms with Gasteiger partial charge in [-0.1, -0.05) is 0 Å². The van der Waals surface area contributed by atoms with Gasteiger partial charge in [-0.3, -0.25) is 0 Å². The van der Waals surface area contributed by atoms with Gasteiger partial charge in [-0.15, -0.1) is 0 Å². The van der Waals surface area contributed by atoms with Gasteiger partial charge < -0.3 is 10.1 Å². The molecule has 16 heavy (non-hydrogen) atoms. The van der Waals surface area contributed by atoms with E-state index in [0.717, 1.165) is 12.8 Å². The van der Waals surface area contributed by atoms with Gasteiger partial charge in [0, 0.05) is 26.2 Å². The van der Waals surface area contributed by atoms with Gasteiger partial charge >= 0.3 is 0 Å². The second kappa shape index (κ2) is 5.95. The van der Waals surface area contributed by atoms with Gasteiger partial charge in [0.1, 0.15) is 0 Å². The number of nitrogens with one attached hydrogen (secondary N) is 1. The quantitative estimate of drug-likeness (QED) is 0.748. The lowest BCUT2D eigenvalue weighted by Crippen LogP contribution is -2.45. The Kier molecular flexibility index (Phi) is 5.17. The molecule has 0 radical (unpaired) electrons. The highest BCUT2D eigenvalue weighted by molar-refractivity contribution is 7.89. The van der Waals surface area contributed by atoms with Gasteiger partial charge in [-0.05, 0) is 26.8 Å². The Morgan fingerprint density at radius 3 is 2.44 bits per heavy atom. The third-order valence-corrected chi connectivity index (χ3v) is 5.15. The zero-order valence-corrected chi connectivity index (χ0v) is 11.1. The van der Waals surface area contributed by atoms with E-state index < -0.39 is 10.0 Å². The maximum atomic E-state index is 12.0. The summed E-state index contributed by atoms with van der Waals surface area (Å²) in [6.45, 7) is 3.01. The molecule has 0 aromatic rings.